The van der Waals surface area contributed by atoms with Crippen LogP contribution in [0.1, 0.15) is 16.7 Å². The Morgan fingerprint density at radius 3 is 2.67 bits per heavy atom. The van der Waals surface area contributed by atoms with Gasteiger partial charge < -0.3 is 4.74 Å². The summed E-state index contributed by atoms with van der Waals surface area (Å²) >= 11 is 0. The normalized spacial score (nSPS) is 10.6. The van der Waals surface area contributed by atoms with E-state index in [1.165, 1.54) is 0 Å². The van der Waals surface area contributed by atoms with Gasteiger partial charge in [0, 0.05) is 0 Å². The third-order valence-electron chi connectivity index (χ3n) is 3.12. The minimum absolute atomic E-state index is 0.0591. The van der Waals surface area contributed by atoms with Crippen LogP contribution in [0.5, 0.6) is 5.75 Å². The summed E-state index contributed by atoms with van der Waals surface area (Å²) in [6.07, 6.45) is 1.59. The third kappa shape index (κ3) is 4.45. The van der Waals surface area contributed by atoms with Crippen molar-refractivity contribution in [3.05, 3.63) is 65.2 Å². The van der Waals surface area contributed by atoms with E-state index in [0.717, 1.165) is 22.4 Å². The van der Waals surface area contributed by atoms with Gasteiger partial charge in [-0.15, -0.1) is 0 Å². The molecule has 0 spiro atoms. The molecule has 108 valence electrons. The van der Waals surface area contributed by atoms with Crippen LogP contribution in [0, 0.1) is 13.8 Å². The minimum Gasteiger partial charge on any atom is -0.483 e. The number of carbonyl (C=O) groups is 1. The molecule has 2 rings (SSSR count). The molecule has 1 N–H and O–H groups in total. The Morgan fingerprint density at radius 1 is 1.14 bits per heavy atom. The van der Waals surface area contributed by atoms with E-state index in [1.807, 2.05) is 62.4 Å². The van der Waals surface area contributed by atoms with Gasteiger partial charge in [-0.3, -0.25) is 4.79 Å². The van der Waals surface area contributed by atoms with Crippen LogP contribution in [0.15, 0.2) is 53.6 Å². The van der Waals surface area contributed by atoms with Crippen LogP contribution in [-0.2, 0) is 4.79 Å². The first-order valence-electron chi connectivity index (χ1n) is 6.73. The predicted octanol–water partition coefficient (Wildman–Crippen LogP) is 2.83. The molecule has 4 heteroatoms. The van der Waals surface area contributed by atoms with Crippen molar-refractivity contribution in [2.75, 3.05) is 6.61 Å². The maximum absolute atomic E-state index is 11.7. The standard InChI is InChI=1S/C17H18N2O2/c1-13-7-6-10-16(14(13)2)21-12-17(20)19-18-11-15-8-4-3-5-9-15/h3-11H,12H2,1-2H3,(H,19,20). The van der Waals surface area contributed by atoms with Gasteiger partial charge in [-0.25, -0.2) is 5.43 Å². The molecule has 0 aromatic heterocycles. The van der Waals surface area contributed by atoms with Crippen LogP contribution in [0.2, 0.25) is 0 Å². The van der Waals surface area contributed by atoms with E-state index in [2.05, 4.69) is 10.5 Å². The summed E-state index contributed by atoms with van der Waals surface area (Å²) in [4.78, 5) is 11.7. The van der Waals surface area contributed by atoms with Gasteiger partial charge in [-0.2, -0.15) is 5.10 Å². The first-order chi connectivity index (χ1) is 10.2. The van der Waals surface area contributed by atoms with Crippen molar-refractivity contribution >= 4 is 12.1 Å². The molecule has 0 atom stereocenters. The van der Waals surface area contributed by atoms with Gasteiger partial charge in [0.25, 0.3) is 5.91 Å². The van der Waals surface area contributed by atoms with Gasteiger partial charge in [-0.1, -0.05) is 42.5 Å². The highest BCUT2D eigenvalue weighted by molar-refractivity contribution is 5.82. The second kappa shape index (κ2) is 7.24. The van der Waals surface area contributed by atoms with Crippen molar-refractivity contribution in [1.29, 1.82) is 0 Å². The smallest absolute Gasteiger partial charge is 0.277 e. The Balaban J connectivity index is 1.83. The molecule has 0 aliphatic carbocycles. The van der Waals surface area contributed by atoms with E-state index in [9.17, 15) is 4.79 Å². The Labute approximate surface area is 124 Å². The van der Waals surface area contributed by atoms with Crippen LogP contribution in [-0.4, -0.2) is 18.7 Å². The zero-order valence-electron chi connectivity index (χ0n) is 12.2. The summed E-state index contributed by atoms with van der Waals surface area (Å²) in [5.41, 5.74) is 5.54. The SMILES string of the molecule is Cc1cccc(OCC(=O)NN=Cc2ccccc2)c1C. The van der Waals surface area contributed by atoms with Crippen LogP contribution < -0.4 is 10.2 Å². The lowest BCUT2D eigenvalue weighted by molar-refractivity contribution is -0.123. The lowest BCUT2D eigenvalue weighted by Gasteiger charge is -2.09. The average molecular weight is 282 g/mol. The predicted molar refractivity (Wildman–Crippen MR) is 83.6 cm³/mol. The van der Waals surface area contributed by atoms with Gasteiger partial charge in [0.05, 0.1) is 6.21 Å². The van der Waals surface area contributed by atoms with Gasteiger partial charge in [0.1, 0.15) is 5.75 Å². The second-order valence-electron chi connectivity index (χ2n) is 4.69. The molecule has 0 saturated carbocycles. The Bertz CT molecular complexity index is 636. The van der Waals surface area contributed by atoms with Crippen molar-refractivity contribution in [3.63, 3.8) is 0 Å². The summed E-state index contributed by atoms with van der Waals surface area (Å²) in [7, 11) is 0. The molecule has 0 unspecified atom stereocenters. The maximum Gasteiger partial charge on any atom is 0.277 e. The number of rotatable bonds is 5. The van der Waals surface area contributed by atoms with Gasteiger partial charge >= 0.3 is 0 Å². The fourth-order valence-electron chi connectivity index (χ4n) is 1.77. The molecular weight excluding hydrogens is 264 g/mol. The number of benzene rings is 2. The van der Waals surface area contributed by atoms with Gasteiger partial charge in [0.15, 0.2) is 6.61 Å². The zero-order valence-corrected chi connectivity index (χ0v) is 12.2. The highest BCUT2D eigenvalue weighted by Crippen LogP contribution is 2.20. The second-order valence-corrected chi connectivity index (χ2v) is 4.69. The molecule has 4 nitrogen and oxygen atoms in total. The lowest BCUT2D eigenvalue weighted by atomic mass is 10.1. The van der Waals surface area contributed by atoms with E-state index < -0.39 is 0 Å². The number of ether oxygens (including phenoxy) is 1. The highest BCUT2D eigenvalue weighted by atomic mass is 16.5. The summed E-state index contributed by atoms with van der Waals surface area (Å²) < 4.78 is 5.50. The highest BCUT2D eigenvalue weighted by Gasteiger charge is 2.05. The van der Waals surface area contributed by atoms with Gasteiger partial charge in [0.2, 0.25) is 0 Å². The molecule has 2 aromatic rings. The first kappa shape index (κ1) is 14.8. The molecular formula is C17H18N2O2. The zero-order chi connectivity index (χ0) is 15.1. The van der Waals surface area contributed by atoms with Crippen LogP contribution in [0.4, 0.5) is 0 Å². The van der Waals surface area contributed by atoms with E-state index in [0.29, 0.717) is 0 Å². The maximum atomic E-state index is 11.7. The lowest BCUT2D eigenvalue weighted by Crippen LogP contribution is -2.24. The van der Waals surface area contributed by atoms with Crippen LogP contribution in [0.25, 0.3) is 0 Å². The molecule has 0 fully saturated rings. The number of hydrogen-bond donors (Lipinski definition) is 1. The number of carbonyl (C=O) groups excluding carboxylic acids is 1. The molecule has 0 heterocycles. The Kier molecular flexibility index (Phi) is 5.10. The summed E-state index contributed by atoms with van der Waals surface area (Å²) in [5, 5.41) is 3.89. The third-order valence-corrected chi connectivity index (χ3v) is 3.12. The summed E-state index contributed by atoms with van der Waals surface area (Å²) in [5.74, 6) is 0.431. The van der Waals surface area contributed by atoms with E-state index in [1.54, 1.807) is 6.21 Å². The Hall–Kier alpha value is -2.62. The minimum atomic E-state index is -0.289. The first-order valence-corrected chi connectivity index (χ1v) is 6.73. The number of nitrogens with one attached hydrogen (secondary N) is 1. The molecule has 2 aromatic carbocycles. The van der Waals surface area contributed by atoms with Crippen molar-refractivity contribution in [3.8, 4) is 5.75 Å². The molecule has 0 saturated heterocycles. The molecule has 0 radical (unpaired) electrons. The van der Waals surface area contributed by atoms with E-state index in [4.69, 9.17) is 4.74 Å². The van der Waals surface area contributed by atoms with Crippen LogP contribution >= 0.6 is 0 Å². The molecule has 0 aliphatic rings. The van der Waals surface area contributed by atoms with Crippen molar-refractivity contribution < 1.29 is 9.53 Å². The molecule has 21 heavy (non-hydrogen) atoms. The number of aryl methyl sites for hydroxylation is 1. The number of hydrazone groups is 1. The fourth-order valence-corrected chi connectivity index (χ4v) is 1.77. The van der Waals surface area contributed by atoms with Crippen LogP contribution in [0.3, 0.4) is 0 Å². The number of nitrogens with zero attached hydrogens (tertiary/aromatic N) is 1. The topological polar surface area (TPSA) is 50.7 Å². The summed E-state index contributed by atoms with van der Waals surface area (Å²) in [6.45, 7) is 3.92. The monoisotopic (exact) mass is 282 g/mol. The van der Waals surface area contributed by atoms with E-state index >= 15 is 0 Å². The quantitative estimate of drug-likeness (QED) is 0.677. The molecule has 0 aliphatic heterocycles. The van der Waals surface area contributed by atoms with E-state index in [-0.39, 0.29) is 12.5 Å². The largest absolute Gasteiger partial charge is 0.483 e. The average Bonchev–Trinajstić information content (AvgIpc) is 2.50. The molecule has 1 amide bonds. The summed E-state index contributed by atoms with van der Waals surface area (Å²) in [6, 6.07) is 15.3. The fraction of sp³-hybridized carbons (Fsp3) is 0.176. The molecule has 0 bridgehead atoms. The van der Waals surface area contributed by atoms with Crippen molar-refractivity contribution in [1.82, 2.24) is 5.43 Å². The number of amides is 1. The van der Waals surface area contributed by atoms with Crippen molar-refractivity contribution in [2.24, 2.45) is 5.10 Å². The van der Waals surface area contributed by atoms with Crippen molar-refractivity contribution in [2.45, 2.75) is 13.8 Å². The van der Waals surface area contributed by atoms with Gasteiger partial charge in [-0.05, 0) is 36.6 Å². The Morgan fingerprint density at radius 2 is 1.90 bits per heavy atom. The number of hydrogen-bond acceptors (Lipinski definition) is 3.